The molecule has 0 saturated carbocycles. The van der Waals surface area contributed by atoms with Gasteiger partial charge in [0.1, 0.15) is 11.7 Å². The van der Waals surface area contributed by atoms with Crippen molar-refractivity contribution in [2.45, 2.75) is 6.04 Å². The Morgan fingerprint density at radius 2 is 2.35 bits per heavy atom. The Balaban J connectivity index is 2.16. The Hall–Kier alpha value is -1.82. The van der Waals surface area contributed by atoms with Gasteiger partial charge in [-0.1, -0.05) is 0 Å². The summed E-state index contributed by atoms with van der Waals surface area (Å²) in [7, 11) is 1.58. The molecule has 1 unspecified atom stereocenters. The zero-order chi connectivity index (χ0) is 12.3. The lowest BCUT2D eigenvalue weighted by Gasteiger charge is -2.34. The fourth-order valence-corrected chi connectivity index (χ4v) is 1.97. The van der Waals surface area contributed by atoms with Crippen LogP contribution in [-0.4, -0.2) is 54.4 Å². The summed E-state index contributed by atoms with van der Waals surface area (Å²) in [6.07, 6.45) is 1.70. The molecule has 0 aromatic carbocycles. The summed E-state index contributed by atoms with van der Waals surface area (Å²) in [5.41, 5.74) is 0.515. The number of H-pyrrole nitrogens is 1. The second kappa shape index (κ2) is 5.01. The van der Waals surface area contributed by atoms with Crippen LogP contribution in [0.5, 0.6) is 0 Å². The van der Waals surface area contributed by atoms with Gasteiger partial charge in [0, 0.05) is 32.9 Å². The Labute approximate surface area is 99.4 Å². The van der Waals surface area contributed by atoms with Crippen LogP contribution < -0.4 is 10.6 Å². The molecule has 1 aliphatic heterocycles. The summed E-state index contributed by atoms with van der Waals surface area (Å²) >= 11 is 0. The van der Waals surface area contributed by atoms with Gasteiger partial charge in [0.25, 0.3) is 5.91 Å². The van der Waals surface area contributed by atoms with Crippen molar-refractivity contribution in [1.29, 1.82) is 0 Å². The third kappa shape index (κ3) is 2.31. The first-order valence-corrected chi connectivity index (χ1v) is 5.60. The third-order valence-corrected chi connectivity index (χ3v) is 2.88. The zero-order valence-electron chi connectivity index (χ0n) is 9.69. The Kier molecular flexibility index (Phi) is 3.43. The van der Waals surface area contributed by atoms with Gasteiger partial charge < -0.3 is 20.5 Å². The molecule has 1 atom stereocenters. The summed E-state index contributed by atoms with van der Waals surface area (Å²) in [5.74, 6) is -0.276. The molecule has 1 aromatic rings. The normalized spacial score (nSPS) is 20.1. The van der Waals surface area contributed by atoms with Gasteiger partial charge >= 0.3 is 0 Å². The SMILES string of the molecule is CNC(=O)C1CNCCN1C(=O)c1ccc[nH]1. The predicted octanol–water partition coefficient (Wildman–Crippen LogP) is -0.825. The average Bonchev–Trinajstić information content (AvgIpc) is 2.91. The molecule has 6 nitrogen and oxygen atoms in total. The highest BCUT2D eigenvalue weighted by Gasteiger charge is 2.32. The molecule has 1 aliphatic rings. The van der Waals surface area contributed by atoms with Gasteiger partial charge in [-0.15, -0.1) is 0 Å². The summed E-state index contributed by atoms with van der Waals surface area (Å²) in [4.78, 5) is 28.3. The molecule has 2 amide bonds. The third-order valence-electron chi connectivity index (χ3n) is 2.88. The minimum Gasteiger partial charge on any atom is -0.357 e. The molecule has 6 heteroatoms. The Bertz CT molecular complexity index is 402. The second-order valence-electron chi connectivity index (χ2n) is 3.92. The number of carbonyl (C=O) groups excluding carboxylic acids is 2. The zero-order valence-corrected chi connectivity index (χ0v) is 9.69. The number of piperazine rings is 1. The van der Waals surface area contributed by atoms with Crippen molar-refractivity contribution in [2.24, 2.45) is 0 Å². The Morgan fingerprint density at radius 3 is 3.00 bits per heavy atom. The van der Waals surface area contributed by atoms with Gasteiger partial charge in [-0.3, -0.25) is 9.59 Å². The molecule has 2 heterocycles. The van der Waals surface area contributed by atoms with Crippen LogP contribution in [0.15, 0.2) is 18.3 Å². The number of amides is 2. The molecular weight excluding hydrogens is 220 g/mol. The number of aromatic amines is 1. The fraction of sp³-hybridized carbons (Fsp3) is 0.455. The highest BCUT2D eigenvalue weighted by atomic mass is 16.2. The highest BCUT2D eigenvalue weighted by molar-refractivity contribution is 5.96. The molecule has 0 radical (unpaired) electrons. The average molecular weight is 236 g/mol. The van der Waals surface area contributed by atoms with Crippen LogP contribution in [0.3, 0.4) is 0 Å². The number of likely N-dealkylation sites (N-methyl/N-ethyl adjacent to an activating group) is 1. The first-order chi connectivity index (χ1) is 8.24. The standard InChI is InChI=1S/C11H16N4O2/c1-12-10(16)9-7-13-5-6-15(9)11(17)8-3-2-4-14-8/h2-4,9,13-14H,5-7H2,1H3,(H,12,16). The largest absolute Gasteiger partial charge is 0.357 e. The maximum Gasteiger partial charge on any atom is 0.271 e. The van der Waals surface area contributed by atoms with Crippen molar-refractivity contribution >= 4 is 11.8 Å². The predicted molar refractivity (Wildman–Crippen MR) is 62.6 cm³/mol. The highest BCUT2D eigenvalue weighted by Crippen LogP contribution is 2.09. The lowest BCUT2D eigenvalue weighted by atomic mass is 10.1. The Morgan fingerprint density at radius 1 is 1.53 bits per heavy atom. The van der Waals surface area contributed by atoms with Gasteiger partial charge in [-0.25, -0.2) is 0 Å². The van der Waals surface area contributed by atoms with Crippen molar-refractivity contribution in [1.82, 2.24) is 20.5 Å². The van der Waals surface area contributed by atoms with E-state index in [1.165, 1.54) is 0 Å². The van der Waals surface area contributed by atoms with E-state index in [-0.39, 0.29) is 11.8 Å². The maximum atomic E-state index is 12.2. The van der Waals surface area contributed by atoms with Crippen LogP contribution in [0.25, 0.3) is 0 Å². The summed E-state index contributed by atoms with van der Waals surface area (Å²) in [5, 5.41) is 5.70. The molecule has 1 fully saturated rings. The minimum atomic E-state index is -0.440. The number of carbonyl (C=O) groups is 2. The molecule has 0 aliphatic carbocycles. The lowest BCUT2D eigenvalue weighted by molar-refractivity contribution is -0.125. The molecule has 92 valence electrons. The number of hydrogen-bond acceptors (Lipinski definition) is 3. The van der Waals surface area contributed by atoms with E-state index in [9.17, 15) is 9.59 Å². The van der Waals surface area contributed by atoms with Crippen LogP contribution in [0.1, 0.15) is 10.5 Å². The molecule has 2 rings (SSSR count). The van der Waals surface area contributed by atoms with Gasteiger partial charge in [0.2, 0.25) is 5.91 Å². The fourth-order valence-electron chi connectivity index (χ4n) is 1.97. The van der Waals surface area contributed by atoms with Crippen LogP contribution in [0.2, 0.25) is 0 Å². The number of nitrogens with one attached hydrogen (secondary N) is 3. The van der Waals surface area contributed by atoms with E-state index >= 15 is 0 Å². The van der Waals surface area contributed by atoms with Gasteiger partial charge in [0.15, 0.2) is 0 Å². The van der Waals surface area contributed by atoms with E-state index in [4.69, 9.17) is 0 Å². The second-order valence-corrected chi connectivity index (χ2v) is 3.92. The monoisotopic (exact) mass is 236 g/mol. The smallest absolute Gasteiger partial charge is 0.271 e. The van der Waals surface area contributed by atoms with E-state index in [0.29, 0.717) is 25.3 Å². The number of nitrogens with zero attached hydrogens (tertiary/aromatic N) is 1. The summed E-state index contributed by atoms with van der Waals surface area (Å²) in [6, 6.07) is 3.04. The number of aromatic nitrogens is 1. The van der Waals surface area contributed by atoms with Crippen molar-refractivity contribution < 1.29 is 9.59 Å². The minimum absolute atomic E-state index is 0.134. The first kappa shape index (κ1) is 11.7. The molecule has 17 heavy (non-hydrogen) atoms. The quantitative estimate of drug-likeness (QED) is 0.627. The lowest BCUT2D eigenvalue weighted by Crippen LogP contribution is -2.59. The summed E-state index contributed by atoms with van der Waals surface area (Å²) in [6.45, 7) is 1.74. The molecule has 3 N–H and O–H groups in total. The number of hydrogen-bond donors (Lipinski definition) is 3. The van der Waals surface area contributed by atoms with Crippen molar-refractivity contribution in [3.63, 3.8) is 0 Å². The van der Waals surface area contributed by atoms with Crippen molar-refractivity contribution in [3.05, 3.63) is 24.0 Å². The molecule has 0 spiro atoms. The maximum absolute atomic E-state index is 12.2. The van der Waals surface area contributed by atoms with E-state index in [2.05, 4.69) is 15.6 Å². The molecular formula is C11H16N4O2. The van der Waals surface area contributed by atoms with E-state index < -0.39 is 6.04 Å². The van der Waals surface area contributed by atoms with Crippen molar-refractivity contribution in [2.75, 3.05) is 26.7 Å². The number of rotatable bonds is 2. The topological polar surface area (TPSA) is 77.2 Å². The van der Waals surface area contributed by atoms with Crippen LogP contribution in [0.4, 0.5) is 0 Å². The van der Waals surface area contributed by atoms with Crippen molar-refractivity contribution in [3.8, 4) is 0 Å². The molecule has 1 saturated heterocycles. The van der Waals surface area contributed by atoms with E-state index in [1.54, 1.807) is 30.3 Å². The van der Waals surface area contributed by atoms with Crippen LogP contribution in [-0.2, 0) is 4.79 Å². The van der Waals surface area contributed by atoms with Gasteiger partial charge in [0.05, 0.1) is 0 Å². The van der Waals surface area contributed by atoms with Gasteiger partial charge in [-0.2, -0.15) is 0 Å². The van der Waals surface area contributed by atoms with E-state index in [0.717, 1.165) is 0 Å². The van der Waals surface area contributed by atoms with Gasteiger partial charge in [-0.05, 0) is 12.1 Å². The van der Waals surface area contributed by atoms with Crippen LogP contribution >= 0.6 is 0 Å². The van der Waals surface area contributed by atoms with E-state index in [1.807, 2.05) is 0 Å². The summed E-state index contributed by atoms with van der Waals surface area (Å²) < 4.78 is 0. The van der Waals surface area contributed by atoms with Crippen LogP contribution in [0, 0.1) is 0 Å². The molecule has 0 bridgehead atoms. The molecule has 1 aromatic heterocycles. The first-order valence-electron chi connectivity index (χ1n) is 5.60.